The van der Waals surface area contributed by atoms with Gasteiger partial charge < -0.3 is 18.9 Å². The van der Waals surface area contributed by atoms with Crippen LogP contribution in [0.2, 0.25) is 0 Å². The van der Waals surface area contributed by atoms with Gasteiger partial charge in [-0.2, -0.15) is 0 Å². The van der Waals surface area contributed by atoms with Crippen molar-refractivity contribution in [3.63, 3.8) is 0 Å². The standard InChI is InChI=1S/C17H26BNO3/c1-16(2)17(3,4)22-18(21-16)14-8-6-7-13(9-14)12-20-15-10-19(5)11-15/h6-9,15H,10-12H2,1-5H3. The van der Waals surface area contributed by atoms with Crippen molar-refractivity contribution in [2.75, 3.05) is 20.1 Å². The number of likely N-dealkylation sites (N-methyl/N-ethyl adjacent to an activating group) is 1. The molecule has 0 radical (unpaired) electrons. The molecular weight excluding hydrogens is 277 g/mol. The highest BCUT2D eigenvalue weighted by Crippen LogP contribution is 2.36. The first-order valence-electron chi connectivity index (χ1n) is 8.01. The highest BCUT2D eigenvalue weighted by atomic mass is 16.7. The number of nitrogens with zero attached hydrogens (tertiary/aromatic N) is 1. The summed E-state index contributed by atoms with van der Waals surface area (Å²) < 4.78 is 18.1. The van der Waals surface area contributed by atoms with Crippen LogP contribution in [0.1, 0.15) is 33.3 Å². The van der Waals surface area contributed by atoms with Gasteiger partial charge in [0.25, 0.3) is 0 Å². The van der Waals surface area contributed by atoms with Crippen LogP contribution in [0.5, 0.6) is 0 Å². The van der Waals surface area contributed by atoms with Crippen molar-refractivity contribution in [1.82, 2.24) is 4.90 Å². The van der Waals surface area contributed by atoms with Crippen molar-refractivity contribution in [2.24, 2.45) is 0 Å². The smallest absolute Gasteiger partial charge is 0.399 e. The third-order valence-electron chi connectivity index (χ3n) is 4.99. The summed E-state index contributed by atoms with van der Waals surface area (Å²) in [4.78, 5) is 2.26. The van der Waals surface area contributed by atoms with Gasteiger partial charge in [0.2, 0.25) is 0 Å². The fourth-order valence-electron chi connectivity index (χ4n) is 2.77. The van der Waals surface area contributed by atoms with E-state index in [2.05, 4.69) is 57.8 Å². The topological polar surface area (TPSA) is 30.9 Å². The minimum Gasteiger partial charge on any atom is -0.399 e. The van der Waals surface area contributed by atoms with Gasteiger partial charge in [0.1, 0.15) is 0 Å². The Kier molecular flexibility index (Phi) is 4.10. The first-order valence-corrected chi connectivity index (χ1v) is 8.01. The molecule has 0 aromatic heterocycles. The molecule has 3 rings (SSSR count). The van der Waals surface area contributed by atoms with Crippen molar-refractivity contribution in [2.45, 2.75) is 51.6 Å². The number of rotatable bonds is 4. The lowest BCUT2D eigenvalue weighted by molar-refractivity contribution is -0.0518. The van der Waals surface area contributed by atoms with Crippen molar-refractivity contribution in [1.29, 1.82) is 0 Å². The van der Waals surface area contributed by atoms with E-state index in [1.54, 1.807) is 0 Å². The molecule has 5 heteroatoms. The number of benzene rings is 1. The van der Waals surface area contributed by atoms with Gasteiger partial charge in [-0.05, 0) is 45.8 Å². The highest BCUT2D eigenvalue weighted by Gasteiger charge is 2.51. The molecule has 2 aliphatic rings. The van der Waals surface area contributed by atoms with Crippen molar-refractivity contribution >= 4 is 12.6 Å². The lowest BCUT2D eigenvalue weighted by Gasteiger charge is -2.35. The van der Waals surface area contributed by atoms with Gasteiger partial charge in [-0.25, -0.2) is 0 Å². The molecule has 0 saturated carbocycles. The van der Waals surface area contributed by atoms with E-state index in [4.69, 9.17) is 14.0 Å². The molecule has 1 aromatic carbocycles. The maximum Gasteiger partial charge on any atom is 0.494 e. The normalized spacial score (nSPS) is 24.5. The van der Waals surface area contributed by atoms with E-state index in [-0.39, 0.29) is 18.3 Å². The third kappa shape index (κ3) is 3.09. The zero-order valence-corrected chi connectivity index (χ0v) is 14.3. The summed E-state index contributed by atoms with van der Waals surface area (Å²) in [5.41, 5.74) is 1.62. The molecule has 0 bridgehead atoms. The summed E-state index contributed by atoms with van der Waals surface area (Å²) in [6, 6.07) is 8.33. The average Bonchev–Trinajstić information content (AvgIpc) is 2.63. The Bertz CT molecular complexity index is 524. The number of likely N-dealkylation sites (tertiary alicyclic amines) is 1. The highest BCUT2D eigenvalue weighted by molar-refractivity contribution is 6.62. The fourth-order valence-corrected chi connectivity index (χ4v) is 2.77. The maximum absolute atomic E-state index is 6.11. The second-order valence-electron chi connectivity index (χ2n) is 7.49. The Balaban J connectivity index is 1.64. The largest absolute Gasteiger partial charge is 0.494 e. The molecule has 0 amide bonds. The van der Waals surface area contributed by atoms with Crippen molar-refractivity contribution in [3.05, 3.63) is 29.8 Å². The van der Waals surface area contributed by atoms with E-state index < -0.39 is 0 Å². The van der Waals surface area contributed by atoms with Gasteiger partial charge in [0.05, 0.1) is 23.9 Å². The van der Waals surface area contributed by atoms with Crippen LogP contribution in [0.4, 0.5) is 0 Å². The Labute approximate surface area is 133 Å². The lowest BCUT2D eigenvalue weighted by Crippen LogP contribution is -2.49. The summed E-state index contributed by atoms with van der Waals surface area (Å²) in [5, 5.41) is 0. The first kappa shape index (κ1) is 16.0. The van der Waals surface area contributed by atoms with Gasteiger partial charge in [-0.3, -0.25) is 0 Å². The van der Waals surface area contributed by atoms with Crippen LogP contribution in [0.15, 0.2) is 24.3 Å². The Hall–Kier alpha value is -0.875. The van der Waals surface area contributed by atoms with Crippen LogP contribution in [0, 0.1) is 0 Å². The fraction of sp³-hybridized carbons (Fsp3) is 0.647. The molecule has 0 N–H and O–H groups in total. The summed E-state index contributed by atoms with van der Waals surface area (Å²) in [6.07, 6.45) is 0.366. The van der Waals surface area contributed by atoms with E-state index in [0.717, 1.165) is 18.6 Å². The number of hydrogen-bond donors (Lipinski definition) is 0. The molecule has 120 valence electrons. The molecule has 0 spiro atoms. The quantitative estimate of drug-likeness (QED) is 0.794. The van der Waals surface area contributed by atoms with E-state index in [1.807, 2.05) is 6.07 Å². The predicted molar refractivity (Wildman–Crippen MR) is 88.2 cm³/mol. The molecule has 2 fully saturated rings. The van der Waals surface area contributed by atoms with Gasteiger partial charge in [0.15, 0.2) is 0 Å². The van der Waals surface area contributed by atoms with Gasteiger partial charge in [-0.15, -0.1) is 0 Å². The molecule has 22 heavy (non-hydrogen) atoms. The third-order valence-corrected chi connectivity index (χ3v) is 4.99. The molecule has 0 atom stereocenters. The number of hydrogen-bond acceptors (Lipinski definition) is 4. The first-order chi connectivity index (χ1) is 10.3. The SMILES string of the molecule is CN1CC(OCc2cccc(B3OC(C)(C)C(C)(C)O3)c2)C1. The Morgan fingerprint density at radius 1 is 1.18 bits per heavy atom. The minimum absolute atomic E-state index is 0.305. The monoisotopic (exact) mass is 303 g/mol. The van der Waals surface area contributed by atoms with Gasteiger partial charge in [0, 0.05) is 13.1 Å². The number of ether oxygens (including phenoxy) is 1. The summed E-state index contributed by atoms with van der Waals surface area (Å²) in [7, 11) is 1.80. The summed E-state index contributed by atoms with van der Waals surface area (Å²) >= 11 is 0. The van der Waals surface area contributed by atoms with E-state index in [1.165, 1.54) is 5.56 Å². The van der Waals surface area contributed by atoms with Crippen molar-refractivity contribution < 1.29 is 14.0 Å². The Morgan fingerprint density at radius 2 is 1.82 bits per heavy atom. The van der Waals surface area contributed by atoms with Crippen LogP contribution in [0.3, 0.4) is 0 Å². The zero-order valence-electron chi connectivity index (χ0n) is 14.3. The maximum atomic E-state index is 6.11. The zero-order chi connectivity index (χ0) is 16.0. The van der Waals surface area contributed by atoms with Gasteiger partial charge >= 0.3 is 7.12 Å². The predicted octanol–water partition coefficient (Wildman–Crippen LogP) is 1.82. The van der Waals surface area contributed by atoms with Crippen molar-refractivity contribution in [3.8, 4) is 0 Å². The van der Waals surface area contributed by atoms with Gasteiger partial charge in [-0.1, -0.05) is 24.3 Å². The molecule has 0 unspecified atom stereocenters. The second-order valence-corrected chi connectivity index (χ2v) is 7.49. The van der Waals surface area contributed by atoms with Crippen LogP contribution < -0.4 is 5.46 Å². The molecule has 2 saturated heterocycles. The average molecular weight is 303 g/mol. The van der Waals surface area contributed by atoms with E-state index >= 15 is 0 Å². The second kappa shape index (κ2) is 5.64. The van der Waals surface area contributed by atoms with E-state index in [9.17, 15) is 0 Å². The van der Waals surface area contributed by atoms with E-state index in [0.29, 0.717) is 12.7 Å². The minimum atomic E-state index is -0.306. The molecule has 4 nitrogen and oxygen atoms in total. The summed E-state index contributed by atoms with van der Waals surface area (Å²) in [5.74, 6) is 0. The molecule has 0 aliphatic carbocycles. The molecule has 1 aromatic rings. The van der Waals surface area contributed by atoms with Crippen LogP contribution >= 0.6 is 0 Å². The molecule has 2 heterocycles. The van der Waals surface area contributed by atoms with Crippen LogP contribution in [0.25, 0.3) is 0 Å². The Morgan fingerprint density at radius 3 is 2.41 bits per heavy atom. The molecule has 2 aliphatic heterocycles. The summed E-state index contributed by atoms with van der Waals surface area (Å²) in [6.45, 7) is 11.0. The lowest BCUT2D eigenvalue weighted by atomic mass is 9.78. The van der Waals surface area contributed by atoms with Crippen LogP contribution in [-0.2, 0) is 20.7 Å². The van der Waals surface area contributed by atoms with Crippen LogP contribution in [-0.4, -0.2) is 49.5 Å². The molecular formula is C17H26BNO3.